The summed E-state index contributed by atoms with van der Waals surface area (Å²) in [6, 6.07) is 4.10. The maximum atomic E-state index is 13.0. The third-order valence-electron chi connectivity index (χ3n) is 7.79. The highest BCUT2D eigenvalue weighted by molar-refractivity contribution is 6.00. The largest absolute Gasteiger partial charge is 0.479 e. The van der Waals surface area contributed by atoms with Crippen LogP contribution in [0.2, 0.25) is 0 Å². The Bertz CT molecular complexity index is 1230. The van der Waals surface area contributed by atoms with Gasteiger partial charge in [-0.15, -0.1) is 0 Å². The van der Waals surface area contributed by atoms with Gasteiger partial charge in [-0.25, -0.2) is 14.4 Å². The number of amides is 2. The number of piperidine rings is 1. The lowest BCUT2D eigenvalue weighted by molar-refractivity contribution is -0.184. The van der Waals surface area contributed by atoms with Crippen molar-refractivity contribution in [2.75, 3.05) is 26.2 Å². The van der Waals surface area contributed by atoms with Gasteiger partial charge in [0.05, 0.1) is 6.54 Å². The van der Waals surface area contributed by atoms with Gasteiger partial charge >= 0.3 is 18.0 Å². The van der Waals surface area contributed by atoms with Crippen LogP contribution in [-0.4, -0.2) is 82.3 Å². The molecule has 0 aliphatic carbocycles. The standard InChI is InChI=1S/C33H50N2O10/c1-30(2,3)33(28(40)41,31(4,5)6)44-24-12-11-22(18-25(24)43-20-27(38)39)23(36)19-34-26(37)13-10-21-14-16-35(17-15-21)29(42)45-32(7,8)9/h11-12,18,21H,10,13-17,19-20H2,1-9H3,(H,34,37)(H,38,39)(H,40,41). The van der Waals surface area contributed by atoms with Gasteiger partial charge in [0.25, 0.3) is 0 Å². The highest BCUT2D eigenvalue weighted by atomic mass is 16.6. The normalized spacial score (nSPS) is 14.8. The maximum absolute atomic E-state index is 13.0. The Morgan fingerprint density at radius 3 is 1.96 bits per heavy atom. The summed E-state index contributed by atoms with van der Waals surface area (Å²) in [5.41, 5.74) is -4.00. The molecule has 2 amide bonds. The van der Waals surface area contributed by atoms with Crippen LogP contribution < -0.4 is 14.8 Å². The molecule has 252 valence electrons. The molecule has 1 saturated heterocycles. The summed E-state index contributed by atoms with van der Waals surface area (Å²) in [5.74, 6) is -3.07. The number of nitrogens with one attached hydrogen (secondary N) is 1. The Labute approximate surface area is 265 Å². The molecule has 12 heteroatoms. The minimum absolute atomic E-state index is 0.0261. The van der Waals surface area contributed by atoms with E-state index >= 15 is 0 Å². The Balaban J connectivity index is 2.07. The van der Waals surface area contributed by atoms with Crippen LogP contribution >= 0.6 is 0 Å². The summed E-state index contributed by atoms with van der Waals surface area (Å²) in [6.07, 6.45) is 2.02. The predicted molar refractivity (Wildman–Crippen MR) is 167 cm³/mol. The maximum Gasteiger partial charge on any atom is 0.410 e. The Morgan fingerprint density at radius 1 is 0.889 bits per heavy atom. The highest BCUT2D eigenvalue weighted by Crippen LogP contribution is 2.49. The molecular weight excluding hydrogens is 584 g/mol. The molecule has 12 nitrogen and oxygen atoms in total. The first-order valence-electron chi connectivity index (χ1n) is 15.3. The smallest absolute Gasteiger partial charge is 0.410 e. The van der Waals surface area contributed by atoms with Crippen LogP contribution in [0.3, 0.4) is 0 Å². The number of hydrogen-bond acceptors (Lipinski definition) is 8. The van der Waals surface area contributed by atoms with E-state index in [0.29, 0.717) is 19.5 Å². The second-order valence-corrected chi connectivity index (χ2v) is 14.6. The lowest BCUT2D eigenvalue weighted by Gasteiger charge is -2.49. The average molecular weight is 635 g/mol. The van der Waals surface area contributed by atoms with E-state index in [9.17, 15) is 34.2 Å². The summed E-state index contributed by atoms with van der Waals surface area (Å²) in [4.78, 5) is 63.4. The van der Waals surface area contributed by atoms with Crippen molar-refractivity contribution in [1.82, 2.24) is 10.2 Å². The molecule has 1 heterocycles. The van der Waals surface area contributed by atoms with Gasteiger partial charge in [-0.1, -0.05) is 41.5 Å². The van der Waals surface area contributed by atoms with E-state index in [4.69, 9.17) is 14.2 Å². The molecule has 0 unspecified atom stereocenters. The zero-order valence-electron chi connectivity index (χ0n) is 28.1. The number of ether oxygens (including phenoxy) is 3. The molecule has 0 saturated carbocycles. The van der Waals surface area contributed by atoms with E-state index in [1.165, 1.54) is 18.2 Å². The van der Waals surface area contributed by atoms with Gasteiger partial charge < -0.3 is 34.6 Å². The molecule has 1 aliphatic rings. The Hall–Kier alpha value is -3.83. The molecular formula is C33H50N2O10. The summed E-state index contributed by atoms with van der Waals surface area (Å²) in [7, 11) is 0. The first kappa shape index (κ1) is 37.4. The van der Waals surface area contributed by atoms with Crippen molar-refractivity contribution in [1.29, 1.82) is 0 Å². The number of ketones is 1. The molecule has 0 aromatic heterocycles. The fraction of sp³-hybridized carbons (Fsp3) is 0.667. The van der Waals surface area contributed by atoms with Crippen LogP contribution in [0.25, 0.3) is 0 Å². The van der Waals surface area contributed by atoms with E-state index in [1.54, 1.807) is 46.4 Å². The van der Waals surface area contributed by atoms with Crippen molar-refractivity contribution < 1.29 is 48.4 Å². The second-order valence-electron chi connectivity index (χ2n) is 14.6. The number of carbonyl (C=O) groups is 5. The van der Waals surface area contributed by atoms with Crippen molar-refractivity contribution >= 4 is 29.7 Å². The first-order valence-corrected chi connectivity index (χ1v) is 15.3. The minimum atomic E-state index is -1.76. The van der Waals surface area contributed by atoms with Gasteiger partial charge in [0.15, 0.2) is 23.9 Å². The topological polar surface area (TPSA) is 169 Å². The lowest BCUT2D eigenvalue weighted by Crippen LogP contribution is -2.63. The van der Waals surface area contributed by atoms with Gasteiger partial charge in [0, 0.05) is 35.9 Å². The van der Waals surface area contributed by atoms with Crippen LogP contribution in [0.4, 0.5) is 4.79 Å². The monoisotopic (exact) mass is 634 g/mol. The van der Waals surface area contributed by atoms with Gasteiger partial charge in [-0.2, -0.15) is 0 Å². The molecule has 1 aromatic carbocycles. The van der Waals surface area contributed by atoms with Crippen LogP contribution in [0.1, 0.15) is 98.4 Å². The molecule has 0 radical (unpaired) electrons. The molecule has 1 fully saturated rings. The number of rotatable bonds is 12. The van der Waals surface area contributed by atoms with E-state index in [0.717, 1.165) is 12.8 Å². The van der Waals surface area contributed by atoms with E-state index in [-0.39, 0.29) is 47.9 Å². The van der Waals surface area contributed by atoms with Gasteiger partial charge in [0.1, 0.15) is 5.60 Å². The molecule has 1 aliphatic heterocycles. The number of carboxylic acid groups (broad SMARTS) is 2. The summed E-state index contributed by atoms with van der Waals surface area (Å²) >= 11 is 0. The SMILES string of the molecule is CC(C)(C)OC(=O)N1CCC(CCC(=O)NCC(=O)c2ccc(OC(C(=O)O)(C(C)(C)C)C(C)(C)C)c(OCC(=O)O)c2)CC1. The van der Waals surface area contributed by atoms with Crippen LogP contribution in [0.5, 0.6) is 11.5 Å². The number of hydrogen-bond donors (Lipinski definition) is 3. The molecule has 0 bridgehead atoms. The highest BCUT2D eigenvalue weighted by Gasteiger charge is 2.60. The fourth-order valence-corrected chi connectivity index (χ4v) is 5.73. The lowest BCUT2D eigenvalue weighted by atomic mass is 9.62. The van der Waals surface area contributed by atoms with Gasteiger partial charge in [-0.3, -0.25) is 9.59 Å². The van der Waals surface area contributed by atoms with Crippen molar-refractivity contribution in [3.8, 4) is 11.5 Å². The summed E-state index contributed by atoms with van der Waals surface area (Å²) < 4.78 is 17.0. The average Bonchev–Trinajstić information content (AvgIpc) is 2.90. The minimum Gasteiger partial charge on any atom is -0.479 e. The quantitative estimate of drug-likeness (QED) is 0.261. The number of nitrogens with zero attached hydrogens (tertiary/aromatic N) is 1. The van der Waals surface area contributed by atoms with Crippen molar-refractivity contribution in [2.24, 2.45) is 16.7 Å². The number of carbonyl (C=O) groups excluding carboxylic acids is 3. The Morgan fingerprint density at radius 2 is 1.47 bits per heavy atom. The Kier molecular flexibility index (Phi) is 12.0. The van der Waals surface area contributed by atoms with Crippen LogP contribution in [0, 0.1) is 16.7 Å². The van der Waals surface area contributed by atoms with Crippen LogP contribution in [-0.2, 0) is 19.1 Å². The number of Topliss-reactive ketones (excluding diaryl/α,β-unsaturated/α-hetero) is 1. The second kappa shape index (κ2) is 14.5. The van der Waals surface area contributed by atoms with Gasteiger partial charge in [-0.05, 0) is 64.2 Å². The summed E-state index contributed by atoms with van der Waals surface area (Å²) in [5, 5.41) is 22.2. The predicted octanol–water partition coefficient (Wildman–Crippen LogP) is 5.17. The zero-order valence-corrected chi connectivity index (χ0v) is 28.1. The van der Waals surface area contributed by atoms with Crippen LogP contribution in [0.15, 0.2) is 18.2 Å². The van der Waals surface area contributed by atoms with E-state index < -0.39 is 46.4 Å². The third kappa shape index (κ3) is 10.1. The van der Waals surface area contributed by atoms with E-state index in [2.05, 4.69) is 5.32 Å². The third-order valence-corrected chi connectivity index (χ3v) is 7.79. The molecule has 0 atom stereocenters. The fourth-order valence-electron chi connectivity index (χ4n) is 5.73. The molecule has 2 rings (SSSR count). The number of benzene rings is 1. The summed E-state index contributed by atoms with van der Waals surface area (Å²) in [6.45, 7) is 16.0. The van der Waals surface area contributed by atoms with Crippen molar-refractivity contribution in [3.05, 3.63) is 23.8 Å². The van der Waals surface area contributed by atoms with E-state index in [1.807, 2.05) is 20.8 Å². The molecule has 1 aromatic rings. The molecule has 0 spiro atoms. The number of likely N-dealkylation sites (tertiary alicyclic amines) is 1. The van der Waals surface area contributed by atoms with Crippen molar-refractivity contribution in [2.45, 2.75) is 99.2 Å². The molecule has 45 heavy (non-hydrogen) atoms. The molecule has 3 N–H and O–H groups in total. The first-order chi connectivity index (χ1) is 20.6. The zero-order chi connectivity index (χ0) is 34.4. The van der Waals surface area contributed by atoms with Gasteiger partial charge in [0.2, 0.25) is 11.5 Å². The number of carboxylic acids is 2. The van der Waals surface area contributed by atoms with Crippen molar-refractivity contribution in [3.63, 3.8) is 0 Å². The number of aliphatic carboxylic acids is 2.